The Bertz CT molecular complexity index is 573. The van der Waals surface area contributed by atoms with E-state index >= 15 is 0 Å². The van der Waals surface area contributed by atoms with Gasteiger partial charge in [0.25, 0.3) is 0 Å². The maximum absolute atomic E-state index is 12.1. The zero-order valence-electron chi connectivity index (χ0n) is 15.6. The molecule has 5 nitrogen and oxygen atoms in total. The molecule has 0 radical (unpaired) electrons. The number of nitrogens with zero attached hydrogens (tertiary/aromatic N) is 1. The molecule has 1 fully saturated rings. The number of hydrogen-bond donors (Lipinski definition) is 2. The summed E-state index contributed by atoms with van der Waals surface area (Å²) in [6.07, 6.45) is -0.837. The average molecular weight is 387 g/mol. The smallest absolute Gasteiger partial charge is 0.422 e. The number of aliphatic imine (C=N–C) groups is 1. The van der Waals surface area contributed by atoms with Crippen molar-refractivity contribution in [3.05, 3.63) is 29.8 Å². The molecular weight excluding hydrogens is 359 g/mol. The first-order valence-electron chi connectivity index (χ1n) is 9.34. The number of rotatable bonds is 11. The first kappa shape index (κ1) is 21.3. The zero-order chi connectivity index (χ0) is 19.5. The number of benzene rings is 1. The third-order valence-corrected chi connectivity index (χ3v) is 3.90. The van der Waals surface area contributed by atoms with Gasteiger partial charge in [-0.3, -0.25) is 0 Å². The maximum atomic E-state index is 12.1. The molecule has 0 saturated heterocycles. The topological polar surface area (TPSA) is 54.9 Å². The minimum atomic E-state index is -4.34. The highest BCUT2D eigenvalue weighted by molar-refractivity contribution is 5.79. The Balaban J connectivity index is 1.70. The second kappa shape index (κ2) is 11.0. The monoisotopic (exact) mass is 387 g/mol. The van der Waals surface area contributed by atoms with Crippen LogP contribution in [0.1, 0.15) is 31.7 Å². The van der Waals surface area contributed by atoms with Crippen LogP contribution in [0.5, 0.6) is 5.75 Å². The second-order valence-corrected chi connectivity index (χ2v) is 6.54. The second-order valence-electron chi connectivity index (χ2n) is 6.54. The van der Waals surface area contributed by atoms with Crippen LogP contribution in [0.25, 0.3) is 0 Å². The summed E-state index contributed by atoms with van der Waals surface area (Å²) in [5.41, 5.74) is 0.888. The lowest BCUT2D eigenvalue weighted by Gasteiger charge is -2.12. The van der Waals surface area contributed by atoms with Crippen molar-refractivity contribution in [3.63, 3.8) is 0 Å². The fourth-order valence-corrected chi connectivity index (χ4v) is 2.28. The number of guanidine groups is 1. The number of ether oxygens (including phenoxy) is 2. The predicted octanol–water partition coefficient (Wildman–Crippen LogP) is 3.50. The fraction of sp³-hybridized carbons (Fsp3) is 0.632. The molecule has 1 aromatic rings. The van der Waals surface area contributed by atoms with Crippen molar-refractivity contribution in [1.29, 1.82) is 0 Å². The average Bonchev–Trinajstić information content (AvgIpc) is 3.45. The van der Waals surface area contributed by atoms with Gasteiger partial charge in [-0.2, -0.15) is 13.2 Å². The van der Waals surface area contributed by atoms with E-state index in [1.165, 1.54) is 25.0 Å². The van der Waals surface area contributed by atoms with Crippen molar-refractivity contribution in [2.75, 3.05) is 32.9 Å². The van der Waals surface area contributed by atoms with Gasteiger partial charge in [0.05, 0.1) is 6.54 Å². The van der Waals surface area contributed by atoms with Gasteiger partial charge in [-0.1, -0.05) is 12.1 Å². The van der Waals surface area contributed by atoms with E-state index in [1.807, 2.05) is 6.92 Å². The molecule has 0 aliphatic heterocycles. The Kier molecular flexibility index (Phi) is 8.71. The van der Waals surface area contributed by atoms with Gasteiger partial charge in [0, 0.05) is 26.3 Å². The molecular formula is C19H28F3N3O2. The summed E-state index contributed by atoms with van der Waals surface area (Å²) in [5.74, 6) is 1.68. The summed E-state index contributed by atoms with van der Waals surface area (Å²) in [4.78, 5) is 4.49. The number of nitrogens with one attached hydrogen (secondary N) is 2. The van der Waals surface area contributed by atoms with Crippen molar-refractivity contribution in [3.8, 4) is 5.75 Å². The molecule has 1 aliphatic rings. The van der Waals surface area contributed by atoms with E-state index in [0.717, 1.165) is 44.2 Å². The molecule has 1 aliphatic carbocycles. The Labute approximate surface area is 158 Å². The number of hydrogen-bond acceptors (Lipinski definition) is 3. The van der Waals surface area contributed by atoms with Crippen molar-refractivity contribution < 1.29 is 22.6 Å². The van der Waals surface area contributed by atoms with Crippen molar-refractivity contribution in [2.24, 2.45) is 10.9 Å². The number of halogens is 3. The van der Waals surface area contributed by atoms with E-state index in [2.05, 4.69) is 15.6 Å². The minimum absolute atomic E-state index is 0.191. The third-order valence-electron chi connectivity index (χ3n) is 3.90. The van der Waals surface area contributed by atoms with E-state index in [9.17, 15) is 13.2 Å². The summed E-state index contributed by atoms with van der Waals surface area (Å²) in [6, 6.07) is 6.47. The normalized spacial score (nSPS) is 14.9. The summed E-state index contributed by atoms with van der Waals surface area (Å²) < 4.78 is 46.7. The van der Waals surface area contributed by atoms with Crippen LogP contribution < -0.4 is 15.4 Å². The van der Waals surface area contributed by atoms with E-state index in [1.54, 1.807) is 12.1 Å². The molecule has 0 aromatic heterocycles. The van der Waals surface area contributed by atoms with Gasteiger partial charge in [0.15, 0.2) is 12.6 Å². The first-order chi connectivity index (χ1) is 13.0. The van der Waals surface area contributed by atoms with Gasteiger partial charge in [-0.15, -0.1) is 0 Å². The van der Waals surface area contributed by atoms with Crippen LogP contribution in [0.3, 0.4) is 0 Å². The van der Waals surface area contributed by atoms with E-state index in [4.69, 9.17) is 9.47 Å². The maximum Gasteiger partial charge on any atom is 0.422 e. The summed E-state index contributed by atoms with van der Waals surface area (Å²) in [5, 5.41) is 6.42. The van der Waals surface area contributed by atoms with Crippen LogP contribution in [-0.2, 0) is 11.3 Å². The molecule has 8 heteroatoms. The molecule has 0 atom stereocenters. The van der Waals surface area contributed by atoms with Gasteiger partial charge in [0.1, 0.15) is 5.75 Å². The minimum Gasteiger partial charge on any atom is -0.484 e. The molecule has 2 rings (SSSR count). The Morgan fingerprint density at radius 2 is 1.93 bits per heavy atom. The lowest BCUT2D eigenvalue weighted by atomic mass is 10.2. The highest BCUT2D eigenvalue weighted by Gasteiger charge is 2.28. The first-order valence-corrected chi connectivity index (χ1v) is 9.34. The summed E-state index contributed by atoms with van der Waals surface area (Å²) >= 11 is 0. The highest BCUT2D eigenvalue weighted by atomic mass is 19.4. The van der Waals surface area contributed by atoms with Gasteiger partial charge in [0.2, 0.25) is 0 Å². The van der Waals surface area contributed by atoms with Crippen LogP contribution in [0.4, 0.5) is 13.2 Å². The molecule has 0 spiro atoms. The van der Waals surface area contributed by atoms with E-state index in [0.29, 0.717) is 12.5 Å². The fourth-order valence-electron chi connectivity index (χ4n) is 2.28. The summed E-state index contributed by atoms with van der Waals surface area (Å²) in [6.45, 7) is 4.24. The lowest BCUT2D eigenvalue weighted by molar-refractivity contribution is -0.153. The Hall–Kier alpha value is -1.96. The SMILES string of the molecule is CCNC(=NCc1ccc(OCC(F)(F)F)cc1)NCCCOCC1CC1. The quantitative estimate of drug-likeness (QED) is 0.347. The van der Waals surface area contributed by atoms with Crippen LogP contribution in [0, 0.1) is 5.92 Å². The van der Waals surface area contributed by atoms with Crippen molar-refractivity contribution in [2.45, 2.75) is 38.9 Å². The molecule has 27 heavy (non-hydrogen) atoms. The largest absolute Gasteiger partial charge is 0.484 e. The van der Waals surface area contributed by atoms with Crippen LogP contribution in [0.2, 0.25) is 0 Å². The van der Waals surface area contributed by atoms with E-state index < -0.39 is 12.8 Å². The third kappa shape index (κ3) is 10.1. The number of alkyl halides is 3. The van der Waals surface area contributed by atoms with Crippen molar-refractivity contribution in [1.82, 2.24) is 10.6 Å². The van der Waals surface area contributed by atoms with E-state index in [-0.39, 0.29) is 5.75 Å². The lowest BCUT2D eigenvalue weighted by Crippen LogP contribution is -2.38. The van der Waals surface area contributed by atoms with Gasteiger partial charge < -0.3 is 20.1 Å². The van der Waals surface area contributed by atoms with Gasteiger partial charge in [-0.25, -0.2) is 4.99 Å². The standard InChI is InChI=1S/C19H28F3N3O2/c1-2-23-18(24-10-3-11-26-13-16-4-5-16)25-12-15-6-8-17(9-7-15)27-14-19(20,21)22/h6-9,16H,2-5,10-14H2,1H3,(H2,23,24,25). The summed E-state index contributed by atoms with van der Waals surface area (Å²) in [7, 11) is 0. The Morgan fingerprint density at radius 1 is 1.19 bits per heavy atom. The van der Waals surface area contributed by atoms with Crippen LogP contribution in [0.15, 0.2) is 29.3 Å². The molecule has 0 bridgehead atoms. The predicted molar refractivity (Wildman–Crippen MR) is 99.0 cm³/mol. The molecule has 1 aromatic carbocycles. The van der Waals surface area contributed by atoms with Crippen molar-refractivity contribution >= 4 is 5.96 Å². The van der Waals surface area contributed by atoms with Crippen LogP contribution in [-0.4, -0.2) is 45.0 Å². The molecule has 2 N–H and O–H groups in total. The zero-order valence-corrected chi connectivity index (χ0v) is 15.6. The molecule has 1 saturated carbocycles. The van der Waals surface area contributed by atoms with Gasteiger partial charge in [-0.05, 0) is 49.8 Å². The molecule has 0 heterocycles. The Morgan fingerprint density at radius 3 is 2.56 bits per heavy atom. The van der Waals surface area contributed by atoms with Crippen LogP contribution >= 0.6 is 0 Å². The van der Waals surface area contributed by atoms with Gasteiger partial charge >= 0.3 is 6.18 Å². The highest BCUT2D eigenvalue weighted by Crippen LogP contribution is 2.28. The molecule has 152 valence electrons. The molecule has 0 unspecified atom stereocenters. The molecule has 0 amide bonds.